The van der Waals surface area contributed by atoms with E-state index in [1.54, 1.807) is 0 Å². The van der Waals surface area contributed by atoms with Crippen LogP contribution < -0.4 is 9.80 Å². The lowest BCUT2D eigenvalue weighted by Crippen LogP contribution is -2.10. The molecule has 0 radical (unpaired) electrons. The maximum atomic E-state index is 7.01. The zero-order valence-corrected chi connectivity index (χ0v) is 41.2. The molecule has 0 N–H and O–H groups in total. The maximum Gasteiger partial charge on any atom is 0.159 e. The van der Waals surface area contributed by atoms with Gasteiger partial charge < -0.3 is 23.1 Å². The highest BCUT2D eigenvalue weighted by molar-refractivity contribution is 6.17. The van der Waals surface area contributed by atoms with E-state index in [2.05, 4.69) is 266 Å². The molecule has 3 aromatic heterocycles. The van der Waals surface area contributed by atoms with Crippen molar-refractivity contribution in [3.05, 3.63) is 254 Å². The van der Waals surface area contributed by atoms with E-state index in [9.17, 15) is 0 Å². The molecule has 12 aromatic carbocycles. The molecule has 0 unspecified atom stereocenters. The number of para-hydroxylation sites is 4. The molecule has 15 aromatic rings. The van der Waals surface area contributed by atoms with E-state index in [0.717, 1.165) is 144 Å². The molecule has 0 atom stereocenters. The molecule has 0 aliphatic heterocycles. The largest absolute Gasteiger partial charge is 0.456 e. The molecule has 5 nitrogen and oxygen atoms in total. The first-order valence-electron chi connectivity index (χ1n) is 25.5. The van der Waals surface area contributed by atoms with E-state index in [-0.39, 0.29) is 0 Å². The molecule has 0 aliphatic rings. The van der Waals surface area contributed by atoms with Crippen LogP contribution in [-0.2, 0) is 0 Å². The van der Waals surface area contributed by atoms with Crippen LogP contribution in [0.15, 0.2) is 256 Å². The average molecular weight is 963 g/mol. The molecular formula is C70H46N2O3. The van der Waals surface area contributed by atoms with Crippen LogP contribution in [0.2, 0.25) is 0 Å². The second-order valence-corrected chi connectivity index (χ2v) is 19.8. The van der Waals surface area contributed by atoms with E-state index in [1.165, 1.54) is 11.1 Å². The van der Waals surface area contributed by atoms with Crippen molar-refractivity contribution >= 4 is 121 Å². The summed E-state index contributed by atoms with van der Waals surface area (Å²) in [6.07, 6.45) is 0. The van der Waals surface area contributed by atoms with E-state index in [4.69, 9.17) is 13.3 Å². The quantitative estimate of drug-likeness (QED) is 0.152. The molecule has 5 heteroatoms. The number of aryl methyl sites for hydroxylation is 2. The van der Waals surface area contributed by atoms with Crippen LogP contribution in [0.25, 0.3) is 110 Å². The summed E-state index contributed by atoms with van der Waals surface area (Å²) in [4.78, 5) is 4.67. The van der Waals surface area contributed by atoms with Gasteiger partial charge in [0.2, 0.25) is 0 Å². The van der Waals surface area contributed by atoms with Crippen molar-refractivity contribution < 1.29 is 13.3 Å². The second kappa shape index (κ2) is 16.9. The molecule has 0 aliphatic carbocycles. The number of fused-ring (bicyclic) bond motifs is 11. The Bertz CT molecular complexity index is 4450. The van der Waals surface area contributed by atoms with Crippen molar-refractivity contribution in [1.82, 2.24) is 0 Å². The minimum Gasteiger partial charge on any atom is -0.456 e. The van der Waals surface area contributed by atoms with Crippen LogP contribution in [0, 0.1) is 13.8 Å². The lowest BCUT2D eigenvalue weighted by Gasteiger charge is -2.26. The Morgan fingerprint density at radius 3 is 1.11 bits per heavy atom. The van der Waals surface area contributed by atoms with E-state index >= 15 is 0 Å². The summed E-state index contributed by atoms with van der Waals surface area (Å²) in [5.41, 5.74) is 18.0. The lowest BCUT2D eigenvalue weighted by molar-refractivity contribution is 0.670. The van der Waals surface area contributed by atoms with Gasteiger partial charge in [-0.15, -0.1) is 0 Å². The Morgan fingerprint density at radius 2 is 0.667 bits per heavy atom. The Kier molecular flexibility index (Phi) is 9.63. The van der Waals surface area contributed by atoms with Gasteiger partial charge in [0.25, 0.3) is 0 Å². The van der Waals surface area contributed by atoms with Gasteiger partial charge >= 0.3 is 0 Å². The van der Waals surface area contributed by atoms with Gasteiger partial charge in [-0.2, -0.15) is 0 Å². The number of nitrogens with zero attached hydrogens (tertiary/aromatic N) is 2. The summed E-state index contributed by atoms with van der Waals surface area (Å²) >= 11 is 0. The SMILES string of the molecule is Cc1cccc(N(c2ccc3cc4oc5cc6ccc(N(c7cccc(C)c7)c7cccc8c7oc7c(-c9ccccc9)cccc78)cc6cc5c4cc3c2)c2cccc3c2oc2c(-c4ccccc4)cccc23)c1. The zero-order chi connectivity index (χ0) is 49.7. The highest BCUT2D eigenvalue weighted by Gasteiger charge is 2.24. The number of anilines is 6. The molecule has 0 spiro atoms. The number of rotatable bonds is 8. The van der Waals surface area contributed by atoms with Crippen molar-refractivity contribution in [2.24, 2.45) is 0 Å². The topological polar surface area (TPSA) is 45.9 Å². The Balaban J connectivity index is 0.876. The lowest BCUT2D eigenvalue weighted by atomic mass is 10.0. The van der Waals surface area contributed by atoms with Crippen molar-refractivity contribution in [2.75, 3.05) is 9.80 Å². The predicted molar refractivity (Wildman–Crippen MR) is 313 cm³/mol. The van der Waals surface area contributed by atoms with Gasteiger partial charge in [-0.05, 0) is 143 Å². The molecule has 0 bridgehead atoms. The molecule has 75 heavy (non-hydrogen) atoms. The smallest absolute Gasteiger partial charge is 0.159 e. The summed E-state index contributed by atoms with van der Waals surface area (Å²) in [7, 11) is 0. The minimum atomic E-state index is 0.840. The van der Waals surface area contributed by atoms with Gasteiger partial charge in [0, 0.05) is 66.2 Å². The van der Waals surface area contributed by atoms with Crippen LogP contribution >= 0.6 is 0 Å². The van der Waals surface area contributed by atoms with Crippen molar-refractivity contribution in [1.29, 1.82) is 0 Å². The van der Waals surface area contributed by atoms with Gasteiger partial charge in [0.15, 0.2) is 11.2 Å². The van der Waals surface area contributed by atoms with E-state index in [1.807, 2.05) is 0 Å². The summed E-state index contributed by atoms with van der Waals surface area (Å²) in [5.74, 6) is 0. The summed E-state index contributed by atoms with van der Waals surface area (Å²) in [5, 5.41) is 10.9. The zero-order valence-electron chi connectivity index (χ0n) is 41.2. The Morgan fingerprint density at radius 1 is 0.267 bits per heavy atom. The standard InChI is InChI=1S/C70H46N2O3/c1-43-15-9-21-51(35-43)71(63-29-13-27-59-57-25-11-23-55(67(57)74-69(59)63)45-17-5-3-6-18-45)53-33-31-47-41-65-61(39-49(47)37-53)62-40-50-38-54(34-32-48(50)42-66(62)73-65)72(52-22-10-16-44(2)36-52)64-30-14-28-60-58-26-12-24-56(68(58)75-70(60)64)46-19-7-4-8-20-46/h3-42H,1-2H3. The van der Waals surface area contributed by atoms with Gasteiger partial charge in [0.1, 0.15) is 22.3 Å². The van der Waals surface area contributed by atoms with Crippen LogP contribution in [0.5, 0.6) is 0 Å². The number of hydrogen-bond acceptors (Lipinski definition) is 5. The summed E-state index contributed by atoms with van der Waals surface area (Å²) in [6, 6.07) is 86.6. The third-order valence-corrected chi connectivity index (χ3v) is 15.0. The monoisotopic (exact) mass is 962 g/mol. The number of furan rings is 3. The number of benzene rings is 12. The minimum absolute atomic E-state index is 0.840. The molecule has 3 heterocycles. The fourth-order valence-corrected chi connectivity index (χ4v) is 11.6. The van der Waals surface area contributed by atoms with Crippen molar-refractivity contribution in [2.45, 2.75) is 13.8 Å². The van der Waals surface area contributed by atoms with E-state index in [0.29, 0.717) is 0 Å². The maximum absolute atomic E-state index is 7.01. The molecule has 0 amide bonds. The fourth-order valence-electron chi connectivity index (χ4n) is 11.6. The van der Waals surface area contributed by atoms with Gasteiger partial charge in [-0.1, -0.05) is 158 Å². The van der Waals surface area contributed by atoms with Crippen molar-refractivity contribution in [3.63, 3.8) is 0 Å². The van der Waals surface area contributed by atoms with E-state index < -0.39 is 0 Å². The van der Waals surface area contributed by atoms with Gasteiger partial charge in [-0.25, -0.2) is 0 Å². The first kappa shape index (κ1) is 42.8. The Hall–Kier alpha value is -9.84. The van der Waals surface area contributed by atoms with Crippen molar-refractivity contribution in [3.8, 4) is 22.3 Å². The highest BCUT2D eigenvalue weighted by atomic mass is 16.3. The third kappa shape index (κ3) is 7.00. The molecule has 354 valence electrons. The summed E-state index contributed by atoms with van der Waals surface area (Å²) in [6.45, 7) is 4.29. The molecule has 0 saturated carbocycles. The fraction of sp³-hybridized carbons (Fsp3) is 0.0286. The predicted octanol–water partition coefficient (Wildman–Crippen LogP) is 20.6. The van der Waals surface area contributed by atoms with Crippen LogP contribution in [0.3, 0.4) is 0 Å². The van der Waals surface area contributed by atoms with Gasteiger partial charge in [0.05, 0.1) is 11.4 Å². The van der Waals surface area contributed by atoms with Crippen LogP contribution in [-0.4, -0.2) is 0 Å². The van der Waals surface area contributed by atoms with Gasteiger partial charge in [-0.3, -0.25) is 0 Å². The average Bonchev–Trinajstić information content (AvgIpc) is 4.15. The second-order valence-electron chi connectivity index (χ2n) is 19.8. The molecule has 0 fully saturated rings. The summed E-state index contributed by atoms with van der Waals surface area (Å²) < 4.78 is 20.7. The molecule has 15 rings (SSSR count). The molecule has 0 saturated heterocycles. The van der Waals surface area contributed by atoms with Crippen LogP contribution in [0.1, 0.15) is 11.1 Å². The third-order valence-electron chi connectivity index (χ3n) is 15.0. The highest BCUT2D eigenvalue weighted by Crippen LogP contribution is 2.48. The first-order chi connectivity index (χ1) is 37.0. The molecular weight excluding hydrogens is 917 g/mol. The number of hydrogen-bond donors (Lipinski definition) is 0. The normalized spacial score (nSPS) is 11.9. The Labute approximate surface area is 432 Å². The first-order valence-corrected chi connectivity index (χ1v) is 25.5. The van der Waals surface area contributed by atoms with Crippen LogP contribution in [0.4, 0.5) is 34.1 Å².